The summed E-state index contributed by atoms with van der Waals surface area (Å²) in [5.74, 6) is 1.84. The predicted molar refractivity (Wildman–Crippen MR) is 69.9 cm³/mol. The second kappa shape index (κ2) is 5.07. The van der Waals surface area contributed by atoms with Crippen molar-refractivity contribution >= 4 is 5.91 Å². The van der Waals surface area contributed by atoms with Crippen LogP contribution >= 0.6 is 0 Å². The van der Waals surface area contributed by atoms with Crippen LogP contribution in [0.4, 0.5) is 0 Å². The molecule has 0 atom stereocenters. The zero-order valence-corrected chi connectivity index (χ0v) is 11.6. The summed E-state index contributed by atoms with van der Waals surface area (Å²) in [4.78, 5) is 18.1. The zero-order chi connectivity index (χ0) is 14.1. The Morgan fingerprint density at radius 2 is 2.30 bits per heavy atom. The molecule has 0 N–H and O–H groups in total. The maximum absolute atomic E-state index is 12.0. The molecule has 1 saturated heterocycles. The van der Waals surface area contributed by atoms with Gasteiger partial charge in [0, 0.05) is 31.4 Å². The van der Waals surface area contributed by atoms with Gasteiger partial charge in [0.15, 0.2) is 5.82 Å². The molecule has 7 nitrogen and oxygen atoms in total. The van der Waals surface area contributed by atoms with Crippen LogP contribution in [0.3, 0.4) is 0 Å². The van der Waals surface area contributed by atoms with E-state index in [4.69, 9.17) is 4.52 Å². The number of rotatable bonds is 4. The molecule has 0 bridgehead atoms. The molecule has 0 radical (unpaired) electrons. The third-order valence-electron chi connectivity index (χ3n) is 3.41. The van der Waals surface area contributed by atoms with Gasteiger partial charge in [0.25, 0.3) is 0 Å². The summed E-state index contributed by atoms with van der Waals surface area (Å²) in [6.45, 7) is 5.60. The summed E-state index contributed by atoms with van der Waals surface area (Å²) in [6, 6.07) is 1.80. The van der Waals surface area contributed by atoms with Gasteiger partial charge < -0.3 is 9.42 Å². The maximum atomic E-state index is 12.0. The Labute approximate surface area is 116 Å². The molecule has 0 aromatic carbocycles. The minimum Gasteiger partial charge on any atom is -0.339 e. The molecule has 3 rings (SSSR count). The van der Waals surface area contributed by atoms with Crippen molar-refractivity contribution in [2.75, 3.05) is 13.1 Å². The largest absolute Gasteiger partial charge is 0.339 e. The van der Waals surface area contributed by atoms with Crippen molar-refractivity contribution in [1.29, 1.82) is 0 Å². The minimum absolute atomic E-state index is 0.0635. The molecular formula is C13H17N5O2. The first-order chi connectivity index (χ1) is 9.63. The number of carbonyl (C=O) groups is 1. The van der Waals surface area contributed by atoms with Gasteiger partial charge in [-0.2, -0.15) is 10.1 Å². The average Bonchev–Trinajstić information content (AvgIpc) is 2.97. The summed E-state index contributed by atoms with van der Waals surface area (Å²) < 4.78 is 6.87. The third-order valence-corrected chi connectivity index (χ3v) is 3.41. The monoisotopic (exact) mass is 275 g/mol. The van der Waals surface area contributed by atoms with E-state index in [1.807, 2.05) is 13.8 Å². The van der Waals surface area contributed by atoms with Crippen molar-refractivity contribution < 1.29 is 9.32 Å². The van der Waals surface area contributed by atoms with Crippen LogP contribution in [0.1, 0.15) is 37.4 Å². The summed E-state index contributed by atoms with van der Waals surface area (Å²) in [6.07, 6.45) is 3.44. The van der Waals surface area contributed by atoms with Crippen molar-refractivity contribution in [2.24, 2.45) is 0 Å². The van der Waals surface area contributed by atoms with Gasteiger partial charge in [-0.05, 0) is 6.07 Å². The highest BCUT2D eigenvalue weighted by Crippen LogP contribution is 2.26. The number of aromatic nitrogens is 4. The van der Waals surface area contributed by atoms with E-state index in [9.17, 15) is 4.79 Å². The van der Waals surface area contributed by atoms with E-state index in [1.165, 1.54) is 0 Å². The molecular weight excluding hydrogens is 258 g/mol. The first-order valence-electron chi connectivity index (χ1n) is 6.72. The molecule has 3 heterocycles. The minimum atomic E-state index is 0.0635. The first kappa shape index (κ1) is 12.8. The Hall–Kier alpha value is -2.18. The molecule has 7 heteroatoms. The van der Waals surface area contributed by atoms with Crippen LogP contribution in [0, 0.1) is 0 Å². The van der Waals surface area contributed by atoms with E-state index in [0.29, 0.717) is 19.0 Å². The summed E-state index contributed by atoms with van der Waals surface area (Å²) >= 11 is 0. The fraction of sp³-hybridized carbons (Fsp3) is 0.538. The Bertz CT molecular complexity index is 584. The van der Waals surface area contributed by atoms with E-state index in [0.717, 1.165) is 5.82 Å². The smallest absolute Gasteiger partial charge is 0.244 e. The molecule has 1 aliphatic heterocycles. The lowest BCUT2D eigenvalue weighted by atomic mass is 10.00. The van der Waals surface area contributed by atoms with Gasteiger partial charge in [-0.1, -0.05) is 19.0 Å². The molecule has 2 aromatic heterocycles. The van der Waals surface area contributed by atoms with E-state index < -0.39 is 0 Å². The number of likely N-dealkylation sites (tertiary alicyclic amines) is 1. The third kappa shape index (κ3) is 2.43. The molecule has 0 aliphatic carbocycles. The predicted octanol–water partition coefficient (Wildman–Crippen LogP) is 1.02. The standard InChI is InChI=1S/C13H17N5O2/c1-9(2)12-15-13(20-16-12)10-6-17(7-10)11(19)8-18-5-3-4-14-18/h3-5,9-10H,6-8H2,1-2H3. The van der Waals surface area contributed by atoms with Crippen LogP contribution in [0.5, 0.6) is 0 Å². The Morgan fingerprint density at radius 3 is 2.90 bits per heavy atom. The van der Waals surface area contributed by atoms with Crippen LogP contribution in [-0.4, -0.2) is 43.8 Å². The average molecular weight is 275 g/mol. The topological polar surface area (TPSA) is 77.0 Å². The van der Waals surface area contributed by atoms with Crippen LogP contribution in [0.15, 0.2) is 23.0 Å². The van der Waals surface area contributed by atoms with Crippen molar-refractivity contribution in [3.8, 4) is 0 Å². The number of carbonyl (C=O) groups excluding carboxylic acids is 1. The van der Waals surface area contributed by atoms with Gasteiger partial charge in [0.1, 0.15) is 6.54 Å². The molecule has 20 heavy (non-hydrogen) atoms. The van der Waals surface area contributed by atoms with E-state index in [-0.39, 0.29) is 24.3 Å². The quantitative estimate of drug-likeness (QED) is 0.832. The number of hydrogen-bond donors (Lipinski definition) is 0. The van der Waals surface area contributed by atoms with Crippen molar-refractivity contribution in [1.82, 2.24) is 24.8 Å². The van der Waals surface area contributed by atoms with Crippen LogP contribution in [0.2, 0.25) is 0 Å². The molecule has 106 valence electrons. The highest BCUT2D eigenvalue weighted by Gasteiger charge is 2.35. The van der Waals surface area contributed by atoms with Crippen LogP contribution in [-0.2, 0) is 11.3 Å². The van der Waals surface area contributed by atoms with Gasteiger partial charge in [0.05, 0.1) is 5.92 Å². The Balaban J connectivity index is 1.54. The van der Waals surface area contributed by atoms with E-state index in [2.05, 4.69) is 15.2 Å². The molecule has 2 aromatic rings. The molecule has 0 spiro atoms. The van der Waals surface area contributed by atoms with Gasteiger partial charge in [0.2, 0.25) is 11.8 Å². The second-order valence-corrected chi connectivity index (χ2v) is 5.34. The van der Waals surface area contributed by atoms with Crippen molar-refractivity contribution in [3.63, 3.8) is 0 Å². The van der Waals surface area contributed by atoms with Gasteiger partial charge in [-0.25, -0.2) is 0 Å². The number of nitrogens with zero attached hydrogens (tertiary/aromatic N) is 5. The normalized spacial score (nSPS) is 15.7. The summed E-state index contributed by atoms with van der Waals surface area (Å²) in [7, 11) is 0. The highest BCUT2D eigenvalue weighted by molar-refractivity contribution is 5.77. The van der Waals surface area contributed by atoms with Crippen molar-refractivity contribution in [2.45, 2.75) is 32.2 Å². The first-order valence-corrected chi connectivity index (χ1v) is 6.72. The highest BCUT2D eigenvalue weighted by atomic mass is 16.5. The number of hydrogen-bond acceptors (Lipinski definition) is 5. The lowest BCUT2D eigenvalue weighted by molar-refractivity contribution is -0.136. The fourth-order valence-corrected chi connectivity index (χ4v) is 2.12. The van der Waals surface area contributed by atoms with Crippen molar-refractivity contribution in [3.05, 3.63) is 30.2 Å². The van der Waals surface area contributed by atoms with Crippen LogP contribution < -0.4 is 0 Å². The molecule has 1 aliphatic rings. The fourth-order valence-electron chi connectivity index (χ4n) is 2.12. The van der Waals surface area contributed by atoms with Gasteiger partial charge in [-0.3, -0.25) is 9.48 Å². The molecule has 1 amide bonds. The summed E-state index contributed by atoms with van der Waals surface area (Å²) in [5, 5.41) is 7.97. The molecule has 0 saturated carbocycles. The van der Waals surface area contributed by atoms with E-state index in [1.54, 1.807) is 28.0 Å². The zero-order valence-electron chi connectivity index (χ0n) is 11.6. The van der Waals surface area contributed by atoms with Gasteiger partial charge >= 0.3 is 0 Å². The lowest BCUT2D eigenvalue weighted by Gasteiger charge is -2.37. The second-order valence-electron chi connectivity index (χ2n) is 5.34. The Morgan fingerprint density at radius 1 is 1.50 bits per heavy atom. The Kier molecular flexibility index (Phi) is 3.25. The maximum Gasteiger partial charge on any atom is 0.244 e. The van der Waals surface area contributed by atoms with Gasteiger partial charge in [-0.15, -0.1) is 0 Å². The molecule has 0 unspecified atom stereocenters. The number of amides is 1. The molecule has 1 fully saturated rings. The summed E-state index contributed by atoms with van der Waals surface area (Å²) in [5.41, 5.74) is 0. The van der Waals surface area contributed by atoms with Crippen LogP contribution in [0.25, 0.3) is 0 Å². The SMILES string of the molecule is CC(C)c1noc(C2CN(C(=O)Cn3cccn3)C2)n1. The van der Waals surface area contributed by atoms with E-state index >= 15 is 0 Å². The lowest BCUT2D eigenvalue weighted by Crippen LogP contribution is -2.49.